The average Bonchev–Trinajstić information content (AvgIpc) is 3.04. The molecular formula is C32H34N6O6. The maximum absolute atomic E-state index is 13.0. The monoisotopic (exact) mass is 598 g/mol. The fourth-order valence-corrected chi connectivity index (χ4v) is 5.07. The van der Waals surface area contributed by atoms with E-state index in [2.05, 4.69) is 32.3 Å². The summed E-state index contributed by atoms with van der Waals surface area (Å²) in [6, 6.07) is 18.0. The first-order valence-electron chi connectivity index (χ1n) is 14.4. The number of carbonyl (C=O) groups is 2. The van der Waals surface area contributed by atoms with Gasteiger partial charge in [-0.3, -0.25) is 9.36 Å². The number of benzene rings is 2. The van der Waals surface area contributed by atoms with Crippen LogP contribution in [0.2, 0.25) is 0 Å². The highest BCUT2D eigenvalue weighted by Crippen LogP contribution is 2.30. The van der Waals surface area contributed by atoms with E-state index in [0.29, 0.717) is 41.1 Å². The molecule has 2 aromatic heterocycles. The number of nitrogens with one attached hydrogen (secondary N) is 2. The van der Waals surface area contributed by atoms with Crippen LogP contribution in [-0.2, 0) is 18.3 Å². The van der Waals surface area contributed by atoms with Crippen LogP contribution in [0.1, 0.15) is 53.5 Å². The molecule has 4 aromatic rings. The summed E-state index contributed by atoms with van der Waals surface area (Å²) in [5.41, 5.74) is 0.581. The molecule has 1 aliphatic carbocycles. The molecule has 1 saturated carbocycles. The summed E-state index contributed by atoms with van der Waals surface area (Å²) in [6.45, 7) is 2.74. The maximum Gasteiger partial charge on any atom is 0.354 e. The third-order valence-electron chi connectivity index (χ3n) is 7.69. The zero-order valence-electron chi connectivity index (χ0n) is 24.8. The molecule has 1 aliphatic rings. The molecule has 2 heterocycles. The highest BCUT2D eigenvalue weighted by atomic mass is 16.5. The van der Waals surface area contributed by atoms with E-state index in [-0.39, 0.29) is 17.5 Å². The van der Waals surface area contributed by atoms with Gasteiger partial charge in [-0.1, -0.05) is 25.8 Å². The molecule has 1 fully saturated rings. The standard InChI is InChI=1S/C32H34N6O6/c1-20-7-9-21(10-8-20)19-38-30(36-31(41)37(2)32(38)42)34-24-15-17-25(18-16-24)44-27-6-4-5-26(35-27)28(39)33-23-13-11-22(12-14-23)29(40)43-3/h4-6,11-18,20-21H,7-10,19H2,1-3H3,(H,33,39)(H,34,36,41). The van der Waals surface area contributed by atoms with Crippen molar-refractivity contribution < 1.29 is 19.1 Å². The Bertz CT molecular complexity index is 1760. The molecule has 5 rings (SSSR count). The third-order valence-corrected chi connectivity index (χ3v) is 7.69. The number of carbonyl (C=O) groups excluding carboxylic acids is 2. The summed E-state index contributed by atoms with van der Waals surface area (Å²) < 4.78 is 13.1. The number of esters is 1. The van der Waals surface area contributed by atoms with Gasteiger partial charge in [0.05, 0.1) is 12.7 Å². The topological polar surface area (TPSA) is 146 Å². The van der Waals surface area contributed by atoms with Crippen LogP contribution in [0.15, 0.2) is 76.3 Å². The van der Waals surface area contributed by atoms with Crippen LogP contribution in [0.3, 0.4) is 0 Å². The van der Waals surface area contributed by atoms with Crippen molar-refractivity contribution in [3.63, 3.8) is 0 Å². The molecule has 2 N–H and O–H groups in total. The van der Waals surface area contributed by atoms with E-state index in [9.17, 15) is 19.2 Å². The lowest BCUT2D eigenvalue weighted by Crippen LogP contribution is -2.42. The second kappa shape index (κ2) is 13.4. The lowest BCUT2D eigenvalue weighted by atomic mass is 9.83. The Morgan fingerprint density at radius 1 is 0.909 bits per heavy atom. The molecule has 12 heteroatoms. The molecule has 0 atom stereocenters. The summed E-state index contributed by atoms with van der Waals surface area (Å²) in [7, 11) is 2.73. The Hall–Kier alpha value is -5.26. The lowest BCUT2D eigenvalue weighted by Gasteiger charge is -2.27. The van der Waals surface area contributed by atoms with Gasteiger partial charge in [-0.05, 0) is 79.3 Å². The minimum Gasteiger partial charge on any atom is -0.465 e. The molecule has 0 unspecified atom stereocenters. The first kappa shape index (κ1) is 30.2. The molecule has 12 nitrogen and oxygen atoms in total. The summed E-state index contributed by atoms with van der Waals surface area (Å²) >= 11 is 0. The SMILES string of the molecule is COC(=O)c1ccc(NC(=O)c2cccc(Oc3ccc(Nc4nc(=O)n(C)c(=O)n4CC4CCC(C)CC4)cc3)n2)cc1. The smallest absolute Gasteiger partial charge is 0.354 e. The van der Waals surface area contributed by atoms with Gasteiger partial charge >= 0.3 is 17.3 Å². The van der Waals surface area contributed by atoms with Gasteiger partial charge in [-0.2, -0.15) is 4.98 Å². The van der Waals surface area contributed by atoms with Gasteiger partial charge in [0.1, 0.15) is 11.4 Å². The van der Waals surface area contributed by atoms with E-state index in [1.165, 1.54) is 14.2 Å². The van der Waals surface area contributed by atoms with Crippen molar-refractivity contribution in [3.8, 4) is 11.6 Å². The van der Waals surface area contributed by atoms with E-state index in [4.69, 9.17) is 4.74 Å². The van der Waals surface area contributed by atoms with Gasteiger partial charge < -0.3 is 20.1 Å². The van der Waals surface area contributed by atoms with Crippen LogP contribution in [0, 0.1) is 11.8 Å². The second-order valence-corrected chi connectivity index (χ2v) is 10.9. The number of hydrogen-bond acceptors (Lipinski definition) is 9. The predicted molar refractivity (Wildman–Crippen MR) is 165 cm³/mol. The van der Waals surface area contributed by atoms with Crippen molar-refractivity contribution >= 4 is 29.2 Å². The first-order valence-corrected chi connectivity index (χ1v) is 14.4. The minimum absolute atomic E-state index is 0.139. The molecule has 0 radical (unpaired) electrons. The largest absolute Gasteiger partial charge is 0.465 e. The zero-order valence-corrected chi connectivity index (χ0v) is 24.8. The Balaban J connectivity index is 1.25. The van der Waals surface area contributed by atoms with Gasteiger partial charge in [-0.15, -0.1) is 0 Å². The molecule has 1 amide bonds. The fourth-order valence-electron chi connectivity index (χ4n) is 5.07. The fraction of sp³-hybridized carbons (Fsp3) is 0.312. The number of ether oxygens (including phenoxy) is 2. The minimum atomic E-state index is -0.626. The van der Waals surface area contributed by atoms with Crippen LogP contribution < -0.4 is 26.7 Å². The number of methoxy groups -OCH3 is 1. The van der Waals surface area contributed by atoms with E-state index in [1.807, 2.05) is 0 Å². The highest BCUT2D eigenvalue weighted by Gasteiger charge is 2.21. The zero-order chi connectivity index (χ0) is 31.2. The number of anilines is 3. The number of rotatable bonds is 9. The Kier molecular flexibility index (Phi) is 9.17. The number of hydrogen-bond donors (Lipinski definition) is 2. The Morgan fingerprint density at radius 2 is 1.59 bits per heavy atom. The van der Waals surface area contributed by atoms with Crippen molar-refractivity contribution in [1.29, 1.82) is 0 Å². The van der Waals surface area contributed by atoms with Crippen LogP contribution in [0.25, 0.3) is 0 Å². The van der Waals surface area contributed by atoms with Gasteiger partial charge in [0, 0.05) is 31.0 Å². The van der Waals surface area contributed by atoms with Crippen molar-refractivity contribution in [2.75, 3.05) is 17.7 Å². The van der Waals surface area contributed by atoms with E-state index in [0.717, 1.165) is 30.3 Å². The summed E-state index contributed by atoms with van der Waals surface area (Å²) in [5.74, 6) is 0.991. The summed E-state index contributed by atoms with van der Waals surface area (Å²) in [5, 5.41) is 5.86. The highest BCUT2D eigenvalue weighted by molar-refractivity contribution is 6.03. The molecule has 228 valence electrons. The van der Waals surface area contributed by atoms with Crippen LogP contribution in [0.5, 0.6) is 11.6 Å². The van der Waals surface area contributed by atoms with Gasteiger partial charge in [0.25, 0.3) is 5.91 Å². The van der Waals surface area contributed by atoms with Crippen LogP contribution >= 0.6 is 0 Å². The third kappa shape index (κ3) is 7.20. The molecule has 0 aliphatic heterocycles. The van der Waals surface area contributed by atoms with E-state index >= 15 is 0 Å². The van der Waals surface area contributed by atoms with Crippen molar-refractivity contribution in [2.45, 2.75) is 39.2 Å². The lowest BCUT2D eigenvalue weighted by molar-refractivity contribution is 0.0600. The van der Waals surface area contributed by atoms with Crippen molar-refractivity contribution in [2.24, 2.45) is 18.9 Å². The van der Waals surface area contributed by atoms with Gasteiger partial charge in [0.15, 0.2) is 0 Å². The number of aromatic nitrogens is 4. The van der Waals surface area contributed by atoms with Crippen LogP contribution in [0.4, 0.5) is 17.3 Å². The van der Waals surface area contributed by atoms with Crippen molar-refractivity contribution in [1.82, 2.24) is 19.1 Å². The van der Waals surface area contributed by atoms with Gasteiger partial charge in [0.2, 0.25) is 11.8 Å². The predicted octanol–water partition coefficient (Wildman–Crippen LogP) is 4.74. The molecule has 2 aromatic carbocycles. The maximum atomic E-state index is 13.0. The molecule has 0 bridgehead atoms. The number of nitrogens with zero attached hydrogens (tertiary/aromatic N) is 4. The summed E-state index contributed by atoms with van der Waals surface area (Å²) in [6.07, 6.45) is 4.31. The first-order chi connectivity index (χ1) is 21.2. The molecule has 0 spiro atoms. The van der Waals surface area contributed by atoms with E-state index in [1.54, 1.807) is 71.3 Å². The summed E-state index contributed by atoms with van der Waals surface area (Å²) in [4.78, 5) is 58.2. The molecular weight excluding hydrogens is 564 g/mol. The average molecular weight is 599 g/mol. The quantitative estimate of drug-likeness (QED) is 0.261. The van der Waals surface area contributed by atoms with Crippen molar-refractivity contribution in [3.05, 3.63) is 99.0 Å². The number of pyridine rings is 1. The molecule has 0 saturated heterocycles. The second-order valence-electron chi connectivity index (χ2n) is 10.9. The Morgan fingerprint density at radius 3 is 2.27 bits per heavy atom. The molecule has 44 heavy (non-hydrogen) atoms. The van der Waals surface area contributed by atoms with Gasteiger partial charge in [-0.25, -0.2) is 23.9 Å². The van der Waals surface area contributed by atoms with Crippen LogP contribution in [-0.4, -0.2) is 38.1 Å². The number of amides is 1. The van der Waals surface area contributed by atoms with E-state index < -0.39 is 23.3 Å². The Labute approximate surface area is 253 Å². The normalized spacial score (nSPS) is 16.2.